The monoisotopic (exact) mass is 248 g/mol. The zero-order chi connectivity index (χ0) is 13.7. The number of aromatic amines is 1. The second kappa shape index (κ2) is 6.01. The summed E-state index contributed by atoms with van der Waals surface area (Å²) < 4.78 is 5.09. The van der Waals surface area contributed by atoms with E-state index in [9.17, 15) is 9.59 Å². The summed E-state index contributed by atoms with van der Waals surface area (Å²) in [6.07, 6.45) is 0.777. The predicted molar refractivity (Wildman–Crippen MR) is 66.3 cm³/mol. The van der Waals surface area contributed by atoms with Crippen molar-refractivity contribution in [2.75, 3.05) is 6.61 Å². The largest absolute Gasteiger partial charge is 0.462 e. The van der Waals surface area contributed by atoms with Gasteiger partial charge in [0.1, 0.15) is 11.6 Å². The lowest BCUT2D eigenvalue weighted by atomic mass is 10.1. The number of hydrogen-bond donors (Lipinski definition) is 1. The number of nitriles is 1. The van der Waals surface area contributed by atoms with Crippen molar-refractivity contribution < 1.29 is 9.53 Å². The summed E-state index contributed by atoms with van der Waals surface area (Å²) in [5.74, 6) is -0.0648. The highest BCUT2D eigenvalue weighted by Gasteiger charge is 2.14. The Morgan fingerprint density at radius 1 is 1.56 bits per heavy atom. The fraction of sp³-hybridized carbons (Fsp3) is 0.462. The summed E-state index contributed by atoms with van der Waals surface area (Å²) in [5.41, 5.74) is 0.0635. The van der Waals surface area contributed by atoms with Gasteiger partial charge in [0.15, 0.2) is 0 Å². The van der Waals surface area contributed by atoms with Crippen LogP contribution >= 0.6 is 0 Å². The van der Waals surface area contributed by atoms with Crippen molar-refractivity contribution >= 4 is 5.97 Å². The number of pyridine rings is 1. The van der Waals surface area contributed by atoms with E-state index in [1.165, 1.54) is 6.07 Å². The molecule has 0 saturated carbocycles. The Hall–Kier alpha value is -2.09. The minimum absolute atomic E-state index is 0.0867. The van der Waals surface area contributed by atoms with E-state index in [1.807, 2.05) is 13.8 Å². The van der Waals surface area contributed by atoms with Gasteiger partial charge in [0, 0.05) is 5.69 Å². The van der Waals surface area contributed by atoms with E-state index in [0.717, 1.165) is 6.42 Å². The Labute approximate surface area is 105 Å². The van der Waals surface area contributed by atoms with Crippen LogP contribution in [0.15, 0.2) is 10.9 Å². The Morgan fingerprint density at radius 3 is 2.78 bits per heavy atom. The summed E-state index contributed by atoms with van der Waals surface area (Å²) >= 11 is 0. The lowest BCUT2D eigenvalue weighted by molar-refractivity contribution is 0.0486. The first-order chi connectivity index (χ1) is 8.45. The molecule has 1 aromatic heterocycles. The first kappa shape index (κ1) is 14.0. The van der Waals surface area contributed by atoms with Crippen LogP contribution in [0.5, 0.6) is 0 Å². The fourth-order valence-electron chi connectivity index (χ4n) is 1.38. The van der Waals surface area contributed by atoms with E-state index in [2.05, 4.69) is 4.98 Å². The van der Waals surface area contributed by atoms with Crippen molar-refractivity contribution in [1.82, 2.24) is 4.98 Å². The van der Waals surface area contributed by atoms with Crippen LogP contribution in [0.1, 0.15) is 41.9 Å². The Balaban J connectivity index is 2.86. The molecule has 0 bridgehead atoms. The molecule has 5 heteroatoms. The minimum atomic E-state index is -0.513. The lowest BCUT2D eigenvalue weighted by Gasteiger charge is -2.08. The molecule has 1 rings (SSSR count). The van der Waals surface area contributed by atoms with Crippen molar-refractivity contribution in [3.8, 4) is 6.07 Å². The van der Waals surface area contributed by atoms with Gasteiger partial charge < -0.3 is 9.72 Å². The SMILES string of the molecule is Cc1[nH]c(=O)c(C#N)cc1C(=O)OCCC(C)C. The van der Waals surface area contributed by atoms with Crippen molar-refractivity contribution in [1.29, 1.82) is 5.26 Å². The van der Waals surface area contributed by atoms with E-state index in [-0.39, 0.29) is 11.1 Å². The van der Waals surface area contributed by atoms with Crippen molar-refractivity contribution in [3.63, 3.8) is 0 Å². The van der Waals surface area contributed by atoms with Crippen LogP contribution in [-0.2, 0) is 4.74 Å². The molecule has 0 amide bonds. The molecule has 0 radical (unpaired) electrons. The third-order valence-electron chi connectivity index (χ3n) is 2.51. The normalized spacial score (nSPS) is 10.2. The fourth-order valence-corrected chi connectivity index (χ4v) is 1.38. The molecular formula is C13H16N2O3. The van der Waals surface area contributed by atoms with Crippen LogP contribution in [-0.4, -0.2) is 17.6 Å². The van der Waals surface area contributed by atoms with Gasteiger partial charge in [0.2, 0.25) is 0 Å². The highest BCUT2D eigenvalue weighted by Crippen LogP contribution is 2.08. The first-order valence-electron chi connectivity index (χ1n) is 5.76. The topological polar surface area (TPSA) is 83.0 Å². The van der Waals surface area contributed by atoms with E-state index in [4.69, 9.17) is 10.00 Å². The standard InChI is InChI=1S/C13H16N2O3/c1-8(2)4-5-18-13(17)11-6-10(7-14)12(16)15-9(11)3/h6,8H,4-5H2,1-3H3,(H,15,16). The van der Waals surface area contributed by atoms with Gasteiger partial charge in [0.05, 0.1) is 12.2 Å². The van der Waals surface area contributed by atoms with Crippen LogP contribution in [0, 0.1) is 24.2 Å². The maximum absolute atomic E-state index is 11.8. The third kappa shape index (κ3) is 3.45. The van der Waals surface area contributed by atoms with Crippen LogP contribution in [0.2, 0.25) is 0 Å². The molecule has 0 aliphatic carbocycles. The number of hydrogen-bond acceptors (Lipinski definition) is 4. The number of H-pyrrole nitrogens is 1. The molecule has 0 unspecified atom stereocenters. The van der Waals surface area contributed by atoms with Gasteiger partial charge in [0.25, 0.3) is 5.56 Å². The van der Waals surface area contributed by atoms with E-state index >= 15 is 0 Å². The predicted octanol–water partition coefficient (Wildman–Crippen LogP) is 1.76. The zero-order valence-electron chi connectivity index (χ0n) is 10.7. The summed E-state index contributed by atoms with van der Waals surface area (Å²) in [6, 6.07) is 3.01. The van der Waals surface area contributed by atoms with Crippen molar-refractivity contribution in [2.45, 2.75) is 27.2 Å². The van der Waals surface area contributed by atoms with E-state index in [1.54, 1.807) is 13.0 Å². The number of nitrogens with one attached hydrogen (secondary N) is 1. The lowest BCUT2D eigenvalue weighted by Crippen LogP contribution is -2.17. The van der Waals surface area contributed by atoms with Gasteiger partial charge in [-0.25, -0.2) is 4.79 Å². The molecule has 0 aromatic carbocycles. The van der Waals surface area contributed by atoms with Crippen molar-refractivity contribution in [2.24, 2.45) is 5.92 Å². The number of carbonyl (C=O) groups excluding carboxylic acids is 1. The van der Waals surface area contributed by atoms with E-state index in [0.29, 0.717) is 18.2 Å². The molecule has 0 aliphatic rings. The van der Waals surface area contributed by atoms with Crippen molar-refractivity contribution in [3.05, 3.63) is 33.2 Å². The number of aryl methyl sites for hydroxylation is 1. The second-order valence-electron chi connectivity index (χ2n) is 4.48. The van der Waals surface area contributed by atoms with E-state index < -0.39 is 11.5 Å². The van der Waals surface area contributed by atoms with Crippen LogP contribution in [0.25, 0.3) is 0 Å². The Bertz CT molecular complexity index is 538. The number of aromatic nitrogens is 1. The van der Waals surface area contributed by atoms with Gasteiger partial charge in [-0.1, -0.05) is 13.8 Å². The van der Waals surface area contributed by atoms with Gasteiger partial charge >= 0.3 is 5.97 Å². The highest BCUT2D eigenvalue weighted by molar-refractivity contribution is 5.90. The number of ether oxygens (including phenoxy) is 1. The molecule has 1 N–H and O–H groups in total. The maximum Gasteiger partial charge on any atom is 0.339 e. The summed E-state index contributed by atoms with van der Waals surface area (Å²) in [6.45, 7) is 6.00. The molecule has 0 saturated heterocycles. The molecule has 0 atom stereocenters. The van der Waals surface area contributed by atoms with Crippen LogP contribution in [0.3, 0.4) is 0 Å². The Morgan fingerprint density at radius 2 is 2.22 bits per heavy atom. The highest BCUT2D eigenvalue weighted by atomic mass is 16.5. The van der Waals surface area contributed by atoms with Gasteiger partial charge in [-0.05, 0) is 25.3 Å². The molecule has 0 aliphatic heterocycles. The Kier molecular flexibility index (Phi) is 4.67. The van der Waals surface area contributed by atoms with Gasteiger partial charge in [-0.3, -0.25) is 4.79 Å². The average Bonchev–Trinajstić information content (AvgIpc) is 2.28. The van der Waals surface area contributed by atoms with Crippen LogP contribution < -0.4 is 5.56 Å². The molecule has 1 heterocycles. The second-order valence-corrected chi connectivity index (χ2v) is 4.48. The number of esters is 1. The average molecular weight is 248 g/mol. The minimum Gasteiger partial charge on any atom is -0.462 e. The smallest absolute Gasteiger partial charge is 0.339 e. The molecule has 0 fully saturated rings. The third-order valence-corrected chi connectivity index (χ3v) is 2.51. The van der Waals surface area contributed by atoms with Gasteiger partial charge in [-0.15, -0.1) is 0 Å². The number of carbonyl (C=O) groups is 1. The number of rotatable bonds is 4. The molecule has 0 spiro atoms. The molecule has 1 aromatic rings. The zero-order valence-corrected chi connectivity index (χ0v) is 10.7. The summed E-state index contributed by atoms with van der Waals surface area (Å²) in [4.78, 5) is 25.6. The molecular weight excluding hydrogens is 232 g/mol. The quantitative estimate of drug-likeness (QED) is 0.823. The molecule has 96 valence electrons. The molecule has 18 heavy (non-hydrogen) atoms. The first-order valence-corrected chi connectivity index (χ1v) is 5.76. The van der Waals surface area contributed by atoms with Crippen LogP contribution in [0.4, 0.5) is 0 Å². The maximum atomic E-state index is 11.8. The van der Waals surface area contributed by atoms with Gasteiger partial charge in [-0.2, -0.15) is 5.26 Å². The summed E-state index contributed by atoms with van der Waals surface area (Å²) in [7, 11) is 0. The number of nitrogens with zero attached hydrogens (tertiary/aromatic N) is 1. The summed E-state index contributed by atoms with van der Waals surface area (Å²) in [5, 5.41) is 8.74. The molecule has 5 nitrogen and oxygen atoms in total.